The fourth-order valence-corrected chi connectivity index (χ4v) is 4.73. The van der Waals surface area contributed by atoms with Crippen LogP contribution < -0.4 is 10.1 Å². The van der Waals surface area contributed by atoms with Crippen molar-refractivity contribution in [2.75, 3.05) is 13.2 Å². The van der Waals surface area contributed by atoms with Crippen LogP contribution in [-0.4, -0.2) is 28.6 Å². The lowest BCUT2D eigenvalue weighted by molar-refractivity contribution is -0.120. The van der Waals surface area contributed by atoms with Crippen molar-refractivity contribution in [3.63, 3.8) is 0 Å². The predicted octanol–water partition coefficient (Wildman–Crippen LogP) is 6.73. The van der Waals surface area contributed by atoms with Crippen LogP contribution in [0.1, 0.15) is 17.8 Å². The molecule has 5 aromatic rings. The zero-order chi connectivity index (χ0) is 26.2. The van der Waals surface area contributed by atoms with Gasteiger partial charge in [0.2, 0.25) is 5.91 Å². The van der Waals surface area contributed by atoms with E-state index in [2.05, 4.69) is 40.2 Å². The topological polar surface area (TPSA) is 56.2 Å². The zero-order valence-electron chi connectivity index (χ0n) is 21.1. The second-order valence-electron chi connectivity index (χ2n) is 9.14. The smallest absolute Gasteiger partial charge is 0.224 e. The molecule has 1 aromatic heterocycles. The number of hydrogen-bond donors (Lipinski definition) is 1. The maximum absolute atomic E-state index is 12.6. The van der Waals surface area contributed by atoms with Crippen molar-refractivity contribution in [3.05, 3.63) is 120 Å². The van der Waals surface area contributed by atoms with Crippen molar-refractivity contribution in [2.45, 2.75) is 25.8 Å². The van der Waals surface area contributed by atoms with E-state index >= 15 is 0 Å². The molecule has 5 nitrogen and oxygen atoms in total. The number of carbonyl (C=O) groups is 1. The second kappa shape index (κ2) is 12.4. The fraction of sp³-hybridized carbons (Fsp3) is 0.188. The number of nitrogens with zero attached hydrogens (tertiary/aromatic N) is 2. The Bertz CT molecular complexity index is 1500. The lowest BCUT2D eigenvalue weighted by Gasteiger charge is -2.12. The zero-order valence-corrected chi connectivity index (χ0v) is 21.9. The molecule has 1 heterocycles. The van der Waals surface area contributed by atoms with Crippen molar-refractivity contribution >= 4 is 28.5 Å². The normalized spacial score (nSPS) is 11.0. The van der Waals surface area contributed by atoms with Gasteiger partial charge in [-0.2, -0.15) is 0 Å². The minimum Gasteiger partial charge on any atom is -0.492 e. The molecule has 0 aliphatic rings. The number of rotatable bonds is 11. The van der Waals surface area contributed by atoms with Gasteiger partial charge >= 0.3 is 0 Å². The number of aromatic nitrogens is 2. The number of hydrogen-bond acceptors (Lipinski definition) is 3. The number of nitrogens with one attached hydrogen (secondary N) is 1. The van der Waals surface area contributed by atoms with E-state index in [0.29, 0.717) is 36.8 Å². The molecule has 1 N–H and O–H groups in total. The van der Waals surface area contributed by atoms with Crippen molar-refractivity contribution in [1.82, 2.24) is 14.9 Å². The molecule has 0 atom stereocenters. The summed E-state index contributed by atoms with van der Waals surface area (Å²) in [5, 5.41) is 3.68. The van der Waals surface area contributed by atoms with E-state index < -0.39 is 0 Å². The van der Waals surface area contributed by atoms with Crippen LogP contribution in [0.4, 0.5) is 0 Å². The van der Waals surface area contributed by atoms with Gasteiger partial charge in [-0.15, -0.1) is 0 Å². The molecule has 0 fully saturated rings. The monoisotopic (exact) mass is 523 g/mol. The summed E-state index contributed by atoms with van der Waals surface area (Å²) in [7, 11) is 0. The summed E-state index contributed by atoms with van der Waals surface area (Å²) in [6.45, 7) is 1.85. The minimum atomic E-state index is 0.00765. The van der Waals surface area contributed by atoms with Gasteiger partial charge in [-0.3, -0.25) is 4.79 Å². The SMILES string of the molecule is O=C(Cc1ccc(-c2ccccc2)cc1)NCCc1nc2ccccc2n1CCCOc1ccccc1Cl. The molecular weight excluding hydrogens is 494 g/mol. The van der Waals surface area contributed by atoms with Crippen LogP contribution in [-0.2, 0) is 24.2 Å². The first-order chi connectivity index (χ1) is 18.7. The third-order valence-electron chi connectivity index (χ3n) is 6.45. The fourth-order valence-electron chi connectivity index (χ4n) is 4.54. The molecule has 0 aliphatic heterocycles. The van der Waals surface area contributed by atoms with Crippen LogP contribution in [0, 0.1) is 0 Å². The first-order valence-corrected chi connectivity index (χ1v) is 13.3. The number of aryl methyl sites for hydroxylation is 1. The predicted molar refractivity (Wildman–Crippen MR) is 154 cm³/mol. The summed E-state index contributed by atoms with van der Waals surface area (Å²) in [5.41, 5.74) is 5.35. The molecule has 1 amide bonds. The van der Waals surface area contributed by atoms with Gasteiger partial charge in [-0.05, 0) is 47.4 Å². The Morgan fingerprint density at radius 2 is 1.55 bits per heavy atom. The summed E-state index contributed by atoms with van der Waals surface area (Å²) >= 11 is 6.20. The molecule has 4 aromatic carbocycles. The van der Waals surface area contributed by atoms with Crippen LogP contribution in [0.2, 0.25) is 5.02 Å². The third-order valence-corrected chi connectivity index (χ3v) is 6.76. The van der Waals surface area contributed by atoms with E-state index in [9.17, 15) is 4.79 Å². The summed E-state index contributed by atoms with van der Waals surface area (Å²) in [5.74, 6) is 1.66. The number of para-hydroxylation sites is 3. The van der Waals surface area contributed by atoms with Crippen molar-refractivity contribution in [1.29, 1.82) is 0 Å². The molecule has 0 saturated carbocycles. The molecule has 5 rings (SSSR count). The largest absolute Gasteiger partial charge is 0.492 e. The number of carbonyl (C=O) groups excluding carboxylic acids is 1. The van der Waals surface area contributed by atoms with Crippen LogP contribution in [0.25, 0.3) is 22.2 Å². The summed E-state index contributed by atoms with van der Waals surface area (Å²) < 4.78 is 8.09. The highest BCUT2D eigenvalue weighted by molar-refractivity contribution is 6.32. The number of imidazole rings is 1. The van der Waals surface area contributed by atoms with Crippen LogP contribution in [0.5, 0.6) is 5.75 Å². The molecule has 0 spiro atoms. The number of fused-ring (bicyclic) bond motifs is 1. The minimum absolute atomic E-state index is 0.00765. The first-order valence-electron chi connectivity index (χ1n) is 12.9. The summed E-state index contributed by atoms with van der Waals surface area (Å²) in [6, 6.07) is 34.0. The molecule has 0 aliphatic carbocycles. The second-order valence-corrected chi connectivity index (χ2v) is 9.55. The van der Waals surface area contributed by atoms with Crippen LogP contribution in [0.15, 0.2) is 103 Å². The number of benzene rings is 4. The van der Waals surface area contributed by atoms with Crippen LogP contribution >= 0.6 is 11.6 Å². The average Bonchev–Trinajstić information content (AvgIpc) is 3.30. The molecule has 192 valence electrons. The van der Waals surface area contributed by atoms with Crippen molar-refractivity contribution < 1.29 is 9.53 Å². The quantitative estimate of drug-likeness (QED) is 0.195. The molecule has 38 heavy (non-hydrogen) atoms. The number of amides is 1. The Morgan fingerprint density at radius 3 is 2.37 bits per heavy atom. The van der Waals surface area contributed by atoms with E-state index in [1.54, 1.807) is 0 Å². The lowest BCUT2D eigenvalue weighted by atomic mass is 10.0. The first kappa shape index (κ1) is 25.6. The van der Waals surface area contributed by atoms with E-state index in [0.717, 1.165) is 41.0 Å². The maximum Gasteiger partial charge on any atom is 0.224 e. The van der Waals surface area contributed by atoms with Gasteiger partial charge in [0.25, 0.3) is 0 Å². The van der Waals surface area contributed by atoms with E-state index in [4.69, 9.17) is 21.3 Å². The lowest BCUT2D eigenvalue weighted by Crippen LogP contribution is -2.28. The number of ether oxygens (including phenoxy) is 1. The summed E-state index contributed by atoms with van der Waals surface area (Å²) in [4.78, 5) is 17.5. The molecular formula is C32H30ClN3O2. The van der Waals surface area contributed by atoms with E-state index in [-0.39, 0.29) is 5.91 Å². The number of halogens is 1. The Hall–Kier alpha value is -4.09. The van der Waals surface area contributed by atoms with Gasteiger partial charge in [0.1, 0.15) is 11.6 Å². The molecule has 0 saturated heterocycles. The maximum atomic E-state index is 12.6. The standard InChI is InChI=1S/C32H30ClN3O2/c33-27-11-4-7-14-30(27)38-22-8-21-36-29-13-6-5-12-28(29)35-31(36)19-20-34-32(37)23-24-15-17-26(18-16-24)25-9-2-1-3-10-25/h1-7,9-18H,8,19-23H2,(H,34,37). The highest BCUT2D eigenvalue weighted by atomic mass is 35.5. The van der Waals surface area contributed by atoms with Gasteiger partial charge in [0, 0.05) is 19.5 Å². The van der Waals surface area contributed by atoms with Gasteiger partial charge in [-0.1, -0.05) is 90.5 Å². The Labute approximate surface area is 228 Å². The molecule has 0 unspecified atom stereocenters. The van der Waals surface area contributed by atoms with Crippen molar-refractivity contribution in [3.8, 4) is 16.9 Å². The Kier molecular flexibility index (Phi) is 8.36. The van der Waals surface area contributed by atoms with Gasteiger partial charge in [0.05, 0.1) is 29.1 Å². The Morgan fingerprint density at radius 1 is 0.842 bits per heavy atom. The van der Waals surface area contributed by atoms with E-state index in [1.807, 2.05) is 72.8 Å². The molecule has 6 heteroatoms. The van der Waals surface area contributed by atoms with E-state index in [1.165, 1.54) is 5.56 Å². The van der Waals surface area contributed by atoms with Gasteiger partial charge < -0.3 is 14.6 Å². The highest BCUT2D eigenvalue weighted by Gasteiger charge is 2.12. The van der Waals surface area contributed by atoms with Gasteiger partial charge in [0.15, 0.2) is 0 Å². The highest BCUT2D eigenvalue weighted by Crippen LogP contribution is 2.24. The molecule has 0 bridgehead atoms. The Balaban J connectivity index is 1.15. The third kappa shape index (κ3) is 6.42. The average molecular weight is 524 g/mol. The molecule has 0 radical (unpaired) electrons. The van der Waals surface area contributed by atoms with Crippen molar-refractivity contribution in [2.24, 2.45) is 0 Å². The van der Waals surface area contributed by atoms with Crippen LogP contribution in [0.3, 0.4) is 0 Å². The summed E-state index contributed by atoms with van der Waals surface area (Å²) in [6.07, 6.45) is 1.81. The van der Waals surface area contributed by atoms with Gasteiger partial charge in [-0.25, -0.2) is 4.98 Å².